The van der Waals surface area contributed by atoms with Crippen molar-refractivity contribution in [2.45, 2.75) is 202 Å². The maximum Gasteiger partial charge on any atom is 0.437 e. The van der Waals surface area contributed by atoms with Crippen LogP contribution in [0.4, 0.5) is 28.8 Å². The molecule has 0 aliphatic carbocycles. The van der Waals surface area contributed by atoms with Crippen LogP contribution in [0.3, 0.4) is 0 Å². The number of alkyl carbamates (subject to hydrolysis) is 2. The van der Waals surface area contributed by atoms with Gasteiger partial charge in [0, 0.05) is 30.1 Å². The molecule has 1 aromatic rings. The van der Waals surface area contributed by atoms with Crippen LogP contribution < -0.4 is 16.0 Å². The smallest absolute Gasteiger partial charge is 0.437 e. The summed E-state index contributed by atoms with van der Waals surface area (Å²) in [5.74, 6) is -0.0877. The van der Waals surface area contributed by atoms with Gasteiger partial charge in [-0.1, -0.05) is 31.4 Å². The zero-order valence-electron chi connectivity index (χ0n) is 45.0. The Kier molecular flexibility index (Phi) is 24.2. The van der Waals surface area contributed by atoms with E-state index in [2.05, 4.69) is 25.9 Å². The van der Waals surface area contributed by atoms with E-state index in [0.717, 1.165) is 14.7 Å². The summed E-state index contributed by atoms with van der Waals surface area (Å²) < 4.78 is 33.1. The van der Waals surface area contributed by atoms with Gasteiger partial charge in [-0.25, -0.2) is 38.6 Å². The van der Waals surface area contributed by atoms with E-state index in [9.17, 15) is 28.8 Å². The summed E-state index contributed by atoms with van der Waals surface area (Å²) in [6, 6.07) is 7.00. The van der Waals surface area contributed by atoms with Gasteiger partial charge < -0.3 is 33.7 Å². The molecule has 0 fully saturated rings. The number of ether oxygens (including phenoxy) is 6. The Labute approximate surface area is 420 Å². The van der Waals surface area contributed by atoms with Gasteiger partial charge in [0.1, 0.15) is 39.4 Å². The van der Waals surface area contributed by atoms with Crippen molar-refractivity contribution in [2.24, 2.45) is 9.98 Å². The quantitative estimate of drug-likeness (QED) is 0.0445. The minimum Gasteiger partial charge on any atom is -0.444 e. The van der Waals surface area contributed by atoms with Crippen molar-refractivity contribution in [3.8, 4) is 0 Å². The van der Waals surface area contributed by atoms with E-state index in [-0.39, 0.29) is 30.8 Å². The fourth-order valence-corrected chi connectivity index (χ4v) is 6.28. The number of guanidine groups is 2. The number of thioether (sulfide) groups is 1. The van der Waals surface area contributed by atoms with Crippen LogP contribution in [0.1, 0.15) is 169 Å². The van der Waals surface area contributed by atoms with E-state index in [1.54, 1.807) is 149 Å². The van der Waals surface area contributed by atoms with Gasteiger partial charge in [-0.05, 0) is 162 Å². The van der Waals surface area contributed by atoms with Gasteiger partial charge in [0.05, 0.1) is 0 Å². The van der Waals surface area contributed by atoms with Gasteiger partial charge in [0.15, 0.2) is 0 Å². The molecule has 6 amide bonds. The number of unbranched alkanes of at least 4 members (excludes halogenated alkanes) is 4. The maximum absolute atomic E-state index is 14.1. The summed E-state index contributed by atoms with van der Waals surface area (Å²) >= 11 is 1.47. The van der Waals surface area contributed by atoms with E-state index in [1.807, 2.05) is 0 Å². The first-order chi connectivity index (χ1) is 31.8. The first kappa shape index (κ1) is 62.4. The predicted molar refractivity (Wildman–Crippen MR) is 272 cm³/mol. The molecule has 0 heterocycles. The summed E-state index contributed by atoms with van der Waals surface area (Å²) in [5, 5.41) is 16.2. The number of hydrogen-bond donors (Lipinski definition) is 4. The number of nitrogens with one attached hydrogen (secondary N) is 4. The Hall–Kier alpha value is -5.60. The monoisotopic (exact) mass is 1010 g/mol. The molecule has 21 heteroatoms. The highest BCUT2D eigenvalue weighted by atomic mass is 32.2. The molecular formula is C49H82N8O12S. The van der Waals surface area contributed by atoms with Crippen molar-refractivity contribution < 1.29 is 57.2 Å². The van der Waals surface area contributed by atoms with Crippen LogP contribution in [0.25, 0.3) is 0 Å². The lowest BCUT2D eigenvalue weighted by molar-refractivity contribution is 0.0271. The van der Waals surface area contributed by atoms with E-state index < -0.39 is 70.2 Å². The topological polar surface area (TPSA) is 249 Å². The first-order valence-corrected chi connectivity index (χ1v) is 24.5. The minimum absolute atomic E-state index is 0.000512. The normalized spacial score (nSPS) is 12.8. The zero-order valence-corrected chi connectivity index (χ0v) is 45.8. The average molecular weight is 1010 g/mol. The largest absolute Gasteiger partial charge is 0.444 e. The van der Waals surface area contributed by atoms with Gasteiger partial charge in [-0.3, -0.25) is 16.0 Å². The molecule has 0 bridgehead atoms. The number of amides is 6. The Morgan fingerprint density at radius 1 is 0.514 bits per heavy atom. The summed E-state index contributed by atoms with van der Waals surface area (Å²) in [4.78, 5) is 90.2. The molecule has 0 unspecified atom stereocenters. The molecule has 0 spiro atoms. The second-order valence-corrected chi connectivity index (χ2v) is 23.3. The number of benzene rings is 1. The Bertz CT molecular complexity index is 1980. The van der Waals surface area contributed by atoms with Crippen LogP contribution in [0.5, 0.6) is 0 Å². The summed E-state index contributed by atoms with van der Waals surface area (Å²) in [6.45, 7) is 30.9. The number of hydrogen-bond acceptors (Lipinski definition) is 14. The van der Waals surface area contributed by atoms with Gasteiger partial charge in [0.2, 0.25) is 11.9 Å². The van der Waals surface area contributed by atoms with Crippen LogP contribution in [-0.4, -0.2) is 123 Å². The number of carbonyl (C=O) groups is 6. The molecule has 0 saturated heterocycles. The molecule has 396 valence electrons. The van der Waals surface area contributed by atoms with Crippen LogP contribution in [-0.2, 0) is 28.4 Å². The number of aliphatic imine (C=N–C) groups is 2. The highest BCUT2D eigenvalue weighted by molar-refractivity contribution is 7.99. The fourth-order valence-electron chi connectivity index (χ4n) is 5.44. The lowest BCUT2D eigenvalue weighted by Crippen LogP contribution is -2.53. The molecule has 1 aromatic carbocycles. The van der Waals surface area contributed by atoms with E-state index >= 15 is 0 Å². The van der Waals surface area contributed by atoms with Crippen LogP contribution in [0, 0.1) is 5.41 Å². The average Bonchev–Trinajstić information content (AvgIpc) is 3.12. The summed E-state index contributed by atoms with van der Waals surface area (Å²) in [7, 11) is 0. The molecule has 0 radical (unpaired) electrons. The SMILES string of the molecule is CC(C)(C)OC(=O)/N=C(/N(CCCCCCCN/C(=N\C(=O)OC(C)(C)C)NC(=O)OC(C)(C)C)C(=O)OC(C)(C)C)N(CCCSc1ccc(C(=N)NC(=O)OC(C)(C)C)cc1)C(=O)OC(C)(C)C. The Morgan fingerprint density at radius 2 is 0.914 bits per heavy atom. The van der Waals surface area contributed by atoms with Crippen molar-refractivity contribution in [1.29, 1.82) is 5.41 Å². The minimum atomic E-state index is -1.03. The maximum atomic E-state index is 14.1. The number of amidine groups is 1. The predicted octanol–water partition coefficient (Wildman–Crippen LogP) is 11.1. The first-order valence-electron chi connectivity index (χ1n) is 23.5. The van der Waals surface area contributed by atoms with Crippen LogP contribution >= 0.6 is 11.8 Å². The molecule has 20 nitrogen and oxygen atoms in total. The Balaban J connectivity index is 3.35. The number of carbonyl (C=O) groups excluding carboxylic acids is 6. The van der Waals surface area contributed by atoms with Crippen molar-refractivity contribution in [3.05, 3.63) is 29.8 Å². The van der Waals surface area contributed by atoms with Gasteiger partial charge in [-0.15, -0.1) is 21.7 Å². The third-order valence-corrected chi connectivity index (χ3v) is 9.02. The van der Waals surface area contributed by atoms with E-state index in [1.165, 1.54) is 11.8 Å². The van der Waals surface area contributed by atoms with Crippen molar-refractivity contribution >= 4 is 66.1 Å². The molecule has 0 aliphatic heterocycles. The molecule has 0 aromatic heterocycles. The van der Waals surface area contributed by atoms with Crippen LogP contribution in [0.15, 0.2) is 39.1 Å². The molecular weight excluding hydrogens is 925 g/mol. The van der Waals surface area contributed by atoms with Crippen LogP contribution in [0.2, 0.25) is 0 Å². The van der Waals surface area contributed by atoms with E-state index in [4.69, 9.17) is 33.8 Å². The van der Waals surface area contributed by atoms with Crippen molar-refractivity contribution in [1.82, 2.24) is 25.8 Å². The lowest BCUT2D eigenvalue weighted by Gasteiger charge is -2.34. The van der Waals surface area contributed by atoms with Gasteiger partial charge in [0.25, 0.3) is 0 Å². The highest BCUT2D eigenvalue weighted by Crippen LogP contribution is 2.22. The molecule has 0 aliphatic rings. The van der Waals surface area contributed by atoms with Gasteiger partial charge in [-0.2, -0.15) is 0 Å². The third kappa shape index (κ3) is 30.1. The van der Waals surface area contributed by atoms with E-state index in [0.29, 0.717) is 56.4 Å². The molecule has 0 atom stereocenters. The lowest BCUT2D eigenvalue weighted by atomic mass is 10.1. The third-order valence-electron chi connectivity index (χ3n) is 7.93. The number of rotatable bonds is 14. The zero-order chi connectivity index (χ0) is 53.9. The summed E-state index contributed by atoms with van der Waals surface area (Å²) in [5.41, 5.74) is -4.72. The fraction of sp³-hybridized carbons (Fsp3) is 0.694. The molecule has 70 heavy (non-hydrogen) atoms. The molecule has 0 saturated carbocycles. The summed E-state index contributed by atoms with van der Waals surface area (Å²) in [6.07, 6.45) is -1.80. The molecule has 4 N–H and O–H groups in total. The standard InChI is InChI=1S/C49H82N8O12S/c1-44(2,3)64-38(58)52-35(50)33-25-27-34(28-26-33)70-32-24-31-57(43(63)69-49(16,17)18)37(55-41(61)67-47(10,11)12)56(42(62)68-48(13,14)15)30-23-21-19-20-22-29-51-36(53-39(59)65-45(4,5)6)54-40(60)66-46(7,8)9/h25-28H,19-24,29-32H2,1-18H3,(H2,50,52,58)(H2,51,53,54,59,60)/b55-37-. The second kappa shape index (κ2) is 27.1. The molecule has 1 rings (SSSR count). The van der Waals surface area contributed by atoms with Crippen molar-refractivity contribution in [2.75, 3.05) is 25.4 Å². The Morgan fingerprint density at radius 3 is 1.37 bits per heavy atom. The van der Waals surface area contributed by atoms with Gasteiger partial charge >= 0.3 is 36.6 Å². The van der Waals surface area contributed by atoms with Crippen molar-refractivity contribution in [3.63, 3.8) is 0 Å². The number of nitrogens with zero attached hydrogens (tertiary/aromatic N) is 4. The highest BCUT2D eigenvalue weighted by Gasteiger charge is 2.35. The second-order valence-electron chi connectivity index (χ2n) is 22.1.